The van der Waals surface area contributed by atoms with Crippen molar-refractivity contribution in [2.24, 2.45) is 5.92 Å². The van der Waals surface area contributed by atoms with Crippen LogP contribution in [0.1, 0.15) is 32.1 Å². The van der Waals surface area contributed by atoms with Crippen LogP contribution in [0, 0.1) is 5.92 Å². The molecule has 6 nitrogen and oxygen atoms in total. The largest absolute Gasteiger partial charge is 0.476 e. The summed E-state index contributed by atoms with van der Waals surface area (Å²) >= 11 is 0. The number of rotatable bonds is 5. The van der Waals surface area contributed by atoms with Gasteiger partial charge in [-0.2, -0.15) is 4.98 Å². The van der Waals surface area contributed by atoms with Gasteiger partial charge in [0.15, 0.2) is 5.82 Å². The second kappa shape index (κ2) is 7.66. The Morgan fingerprint density at radius 1 is 1.08 bits per heavy atom. The van der Waals surface area contributed by atoms with E-state index in [0.29, 0.717) is 17.8 Å². The highest BCUT2D eigenvalue weighted by Crippen LogP contribution is 2.26. The number of anilines is 1. The molecule has 0 radical (unpaired) electrons. The van der Waals surface area contributed by atoms with Crippen molar-refractivity contribution in [3.05, 3.63) is 12.4 Å². The van der Waals surface area contributed by atoms with E-state index in [-0.39, 0.29) is 0 Å². The normalized spacial score (nSPS) is 26.2. The maximum atomic E-state index is 5.91. The summed E-state index contributed by atoms with van der Waals surface area (Å²) in [5, 5.41) is 0. The summed E-state index contributed by atoms with van der Waals surface area (Å²) in [7, 11) is 0. The molecule has 3 heterocycles. The number of morpholine rings is 1. The van der Waals surface area contributed by atoms with Crippen molar-refractivity contribution in [3.63, 3.8) is 0 Å². The fourth-order valence-corrected chi connectivity index (χ4v) is 4.13. The van der Waals surface area contributed by atoms with Gasteiger partial charge in [0.2, 0.25) is 5.88 Å². The monoisotopic (exact) mass is 332 g/mol. The highest BCUT2D eigenvalue weighted by Gasteiger charge is 2.29. The van der Waals surface area contributed by atoms with E-state index in [4.69, 9.17) is 14.5 Å². The SMILES string of the molecule is c1ncc(N2CCC(N3CCOCC3)C2)nc1OCC1CCCC1. The molecule has 132 valence electrons. The topological polar surface area (TPSA) is 50.7 Å². The Balaban J connectivity index is 1.33. The highest BCUT2D eigenvalue weighted by molar-refractivity contribution is 5.39. The van der Waals surface area contributed by atoms with Crippen LogP contribution in [0.25, 0.3) is 0 Å². The van der Waals surface area contributed by atoms with Gasteiger partial charge in [0.25, 0.3) is 0 Å². The first-order valence-electron chi connectivity index (χ1n) is 9.40. The molecule has 1 aromatic rings. The molecule has 1 atom stereocenters. The van der Waals surface area contributed by atoms with Crippen LogP contribution in [0.5, 0.6) is 5.88 Å². The molecule has 1 unspecified atom stereocenters. The van der Waals surface area contributed by atoms with Gasteiger partial charge in [0.1, 0.15) is 0 Å². The maximum Gasteiger partial charge on any atom is 0.234 e. The molecular formula is C18H28N4O2. The van der Waals surface area contributed by atoms with Crippen molar-refractivity contribution in [2.45, 2.75) is 38.1 Å². The number of aromatic nitrogens is 2. The van der Waals surface area contributed by atoms with Crippen LogP contribution in [-0.4, -0.2) is 66.9 Å². The van der Waals surface area contributed by atoms with Crippen LogP contribution in [-0.2, 0) is 4.74 Å². The lowest BCUT2D eigenvalue weighted by Gasteiger charge is -2.32. The number of ether oxygens (including phenoxy) is 2. The van der Waals surface area contributed by atoms with E-state index in [0.717, 1.165) is 51.8 Å². The summed E-state index contributed by atoms with van der Waals surface area (Å²) in [4.78, 5) is 13.9. The molecule has 1 saturated carbocycles. The summed E-state index contributed by atoms with van der Waals surface area (Å²) < 4.78 is 11.4. The molecule has 0 bridgehead atoms. The van der Waals surface area contributed by atoms with E-state index >= 15 is 0 Å². The lowest BCUT2D eigenvalue weighted by molar-refractivity contribution is 0.0209. The van der Waals surface area contributed by atoms with Crippen molar-refractivity contribution in [3.8, 4) is 5.88 Å². The average Bonchev–Trinajstić information content (AvgIpc) is 3.33. The van der Waals surface area contributed by atoms with Gasteiger partial charge < -0.3 is 14.4 Å². The second-order valence-corrected chi connectivity index (χ2v) is 7.21. The molecule has 3 fully saturated rings. The molecule has 0 spiro atoms. The standard InChI is InChI=1S/C18H28N4O2/c1-2-4-15(3-1)14-24-18-12-19-11-17(20-18)22-6-5-16(13-22)21-7-9-23-10-8-21/h11-12,15-16H,1-10,13-14H2. The minimum absolute atomic E-state index is 0.610. The van der Waals surface area contributed by atoms with Crippen LogP contribution in [0.2, 0.25) is 0 Å². The third-order valence-corrected chi connectivity index (χ3v) is 5.59. The number of hydrogen-bond donors (Lipinski definition) is 0. The van der Waals surface area contributed by atoms with Crippen LogP contribution in [0.15, 0.2) is 12.4 Å². The fraction of sp³-hybridized carbons (Fsp3) is 0.778. The zero-order valence-corrected chi connectivity index (χ0v) is 14.4. The Hall–Kier alpha value is -1.40. The first kappa shape index (κ1) is 16.1. The van der Waals surface area contributed by atoms with Gasteiger partial charge in [-0.1, -0.05) is 12.8 Å². The number of nitrogens with zero attached hydrogens (tertiary/aromatic N) is 4. The van der Waals surface area contributed by atoms with Crippen molar-refractivity contribution in [2.75, 3.05) is 50.9 Å². The molecule has 1 aliphatic carbocycles. The molecule has 0 amide bonds. The second-order valence-electron chi connectivity index (χ2n) is 7.21. The predicted octanol–water partition coefficient (Wildman–Crippen LogP) is 1.96. The predicted molar refractivity (Wildman–Crippen MR) is 92.5 cm³/mol. The molecule has 3 aliphatic rings. The maximum absolute atomic E-state index is 5.91. The Morgan fingerprint density at radius 2 is 1.92 bits per heavy atom. The average molecular weight is 332 g/mol. The molecular weight excluding hydrogens is 304 g/mol. The molecule has 0 aromatic carbocycles. The van der Waals surface area contributed by atoms with Gasteiger partial charge >= 0.3 is 0 Å². The Labute approximate surface area is 144 Å². The first-order chi connectivity index (χ1) is 11.9. The summed E-state index contributed by atoms with van der Waals surface area (Å²) in [6, 6.07) is 0.610. The van der Waals surface area contributed by atoms with Crippen molar-refractivity contribution in [1.82, 2.24) is 14.9 Å². The van der Waals surface area contributed by atoms with Crippen molar-refractivity contribution in [1.29, 1.82) is 0 Å². The van der Waals surface area contributed by atoms with E-state index < -0.39 is 0 Å². The smallest absolute Gasteiger partial charge is 0.234 e. The van der Waals surface area contributed by atoms with E-state index in [2.05, 4.69) is 14.8 Å². The zero-order chi connectivity index (χ0) is 16.2. The van der Waals surface area contributed by atoms with Crippen LogP contribution in [0.4, 0.5) is 5.82 Å². The van der Waals surface area contributed by atoms with E-state index in [1.54, 1.807) is 6.20 Å². The zero-order valence-electron chi connectivity index (χ0n) is 14.4. The number of hydrogen-bond acceptors (Lipinski definition) is 6. The van der Waals surface area contributed by atoms with Gasteiger partial charge in [-0.3, -0.25) is 9.88 Å². The van der Waals surface area contributed by atoms with Gasteiger partial charge in [-0.25, -0.2) is 0 Å². The lowest BCUT2D eigenvalue weighted by atomic mass is 10.1. The lowest BCUT2D eigenvalue weighted by Crippen LogP contribution is -2.44. The molecule has 6 heteroatoms. The van der Waals surface area contributed by atoms with Crippen LogP contribution in [0.3, 0.4) is 0 Å². The van der Waals surface area contributed by atoms with Crippen LogP contribution >= 0.6 is 0 Å². The summed E-state index contributed by atoms with van der Waals surface area (Å²) in [5.41, 5.74) is 0. The minimum Gasteiger partial charge on any atom is -0.476 e. The Bertz CT molecular complexity index is 530. The third kappa shape index (κ3) is 3.81. The quantitative estimate of drug-likeness (QED) is 0.821. The fourth-order valence-electron chi connectivity index (χ4n) is 4.13. The van der Waals surface area contributed by atoms with Gasteiger partial charge in [0.05, 0.1) is 32.2 Å². The van der Waals surface area contributed by atoms with Gasteiger partial charge in [0, 0.05) is 32.2 Å². The van der Waals surface area contributed by atoms with E-state index in [9.17, 15) is 0 Å². The molecule has 2 aliphatic heterocycles. The minimum atomic E-state index is 0.610. The Kier molecular flexibility index (Phi) is 5.13. The molecule has 2 saturated heterocycles. The van der Waals surface area contributed by atoms with Crippen molar-refractivity contribution >= 4 is 5.82 Å². The summed E-state index contributed by atoms with van der Waals surface area (Å²) in [5.74, 6) is 2.33. The first-order valence-corrected chi connectivity index (χ1v) is 9.40. The molecule has 1 aromatic heterocycles. The Morgan fingerprint density at radius 3 is 2.75 bits per heavy atom. The van der Waals surface area contributed by atoms with Crippen LogP contribution < -0.4 is 9.64 Å². The van der Waals surface area contributed by atoms with Crippen molar-refractivity contribution < 1.29 is 9.47 Å². The highest BCUT2D eigenvalue weighted by atomic mass is 16.5. The molecule has 0 N–H and O–H groups in total. The molecule has 4 rings (SSSR count). The third-order valence-electron chi connectivity index (χ3n) is 5.59. The molecule has 24 heavy (non-hydrogen) atoms. The van der Waals surface area contributed by atoms with Gasteiger partial charge in [-0.15, -0.1) is 0 Å². The van der Waals surface area contributed by atoms with E-state index in [1.807, 2.05) is 6.20 Å². The van der Waals surface area contributed by atoms with E-state index in [1.165, 1.54) is 32.1 Å². The van der Waals surface area contributed by atoms with Gasteiger partial charge in [-0.05, 0) is 25.2 Å². The summed E-state index contributed by atoms with van der Waals surface area (Å²) in [6.07, 6.45) is 10.1. The summed E-state index contributed by atoms with van der Waals surface area (Å²) in [6.45, 7) is 6.68.